The zero-order valence-electron chi connectivity index (χ0n) is 11.4. The van der Waals surface area contributed by atoms with Crippen molar-refractivity contribution in [3.05, 3.63) is 29.8 Å². The van der Waals surface area contributed by atoms with E-state index in [1.165, 1.54) is 11.3 Å². The molecule has 2 rings (SSSR count). The second kappa shape index (κ2) is 6.21. The zero-order chi connectivity index (χ0) is 13.0. The van der Waals surface area contributed by atoms with Crippen LogP contribution in [-0.4, -0.2) is 31.8 Å². The molecule has 1 aliphatic rings. The Morgan fingerprint density at radius 1 is 1.44 bits per heavy atom. The smallest absolute Gasteiger partial charge is 0.0748 e. The van der Waals surface area contributed by atoms with Gasteiger partial charge in [0.25, 0.3) is 0 Å². The van der Waals surface area contributed by atoms with Gasteiger partial charge in [-0.25, -0.2) is 0 Å². The van der Waals surface area contributed by atoms with Crippen LogP contribution in [0.5, 0.6) is 0 Å². The third-order valence-corrected chi connectivity index (χ3v) is 3.47. The van der Waals surface area contributed by atoms with Gasteiger partial charge in [0.2, 0.25) is 0 Å². The van der Waals surface area contributed by atoms with Crippen LogP contribution in [0.2, 0.25) is 0 Å². The highest BCUT2D eigenvalue weighted by Gasteiger charge is 2.20. The average Bonchev–Trinajstić information content (AvgIpc) is 2.39. The Bertz CT molecular complexity index is 379. The summed E-state index contributed by atoms with van der Waals surface area (Å²) in [5.41, 5.74) is 8.61. The van der Waals surface area contributed by atoms with Crippen molar-refractivity contribution in [2.24, 2.45) is 5.73 Å². The Morgan fingerprint density at radius 2 is 2.22 bits per heavy atom. The number of morpholine rings is 1. The molecule has 0 radical (unpaired) electrons. The molecule has 3 heteroatoms. The van der Waals surface area contributed by atoms with Crippen LogP contribution >= 0.6 is 0 Å². The molecule has 0 saturated carbocycles. The third kappa shape index (κ3) is 3.24. The Balaban J connectivity index is 2.16. The molecule has 1 aliphatic heterocycles. The standard InChI is InChI=1S/C15H24N2O/c1-3-14-11-17(8-9-18-14)15-7-5-4-6-13(15)10-12(2)16/h4-7,12,14H,3,8-11,16H2,1-2H3. The number of anilines is 1. The molecule has 2 atom stereocenters. The number of benzene rings is 1. The molecule has 1 heterocycles. The van der Waals surface area contributed by atoms with Crippen molar-refractivity contribution in [3.8, 4) is 0 Å². The number of nitrogens with zero attached hydrogens (tertiary/aromatic N) is 1. The third-order valence-electron chi connectivity index (χ3n) is 3.47. The molecular weight excluding hydrogens is 224 g/mol. The lowest BCUT2D eigenvalue weighted by atomic mass is 10.0. The Kier molecular flexibility index (Phi) is 4.61. The van der Waals surface area contributed by atoms with Crippen LogP contribution in [0, 0.1) is 0 Å². The summed E-state index contributed by atoms with van der Waals surface area (Å²) < 4.78 is 5.73. The topological polar surface area (TPSA) is 38.5 Å². The minimum atomic E-state index is 0.203. The number of rotatable bonds is 4. The summed E-state index contributed by atoms with van der Waals surface area (Å²) in [5.74, 6) is 0. The van der Waals surface area contributed by atoms with Gasteiger partial charge in [0.15, 0.2) is 0 Å². The Labute approximate surface area is 110 Å². The van der Waals surface area contributed by atoms with Crippen molar-refractivity contribution in [2.45, 2.75) is 38.8 Å². The molecule has 1 aromatic rings. The van der Waals surface area contributed by atoms with E-state index in [-0.39, 0.29) is 6.04 Å². The molecule has 2 unspecified atom stereocenters. The number of hydrogen-bond donors (Lipinski definition) is 1. The van der Waals surface area contributed by atoms with Crippen molar-refractivity contribution < 1.29 is 4.74 Å². The molecule has 3 nitrogen and oxygen atoms in total. The largest absolute Gasteiger partial charge is 0.375 e. The molecule has 1 fully saturated rings. The first-order valence-electron chi connectivity index (χ1n) is 6.90. The molecule has 0 amide bonds. The van der Waals surface area contributed by atoms with Gasteiger partial charge in [0.1, 0.15) is 0 Å². The number of nitrogens with two attached hydrogens (primary N) is 1. The maximum Gasteiger partial charge on any atom is 0.0748 e. The first-order valence-corrected chi connectivity index (χ1v) is 6.90. The van der Waals surface area contributed by atoms with E-state index in [0.29, 0.717) is 6.10 Å². The quantitative estimate of drug-likeness (QED) is 0.887. The Hall–Kier alpha value is -1.06. The maximum atomic E-state index is 5.93. The van der Waals surface area contributed by atoms with E-state index in [2.05, 4.69) is 43.0 Å². The van der Waals surface area contributed by atoms with Gasteiger partial charge in [-0.15, -0.1) is 0 Å². The van der Waals surface area contributed by atoms with Gasteiger partial charge < -0.3 is 15.4 Å². The highest BCUT2D eigenvalue weighted by Crippen LogP contribution is 2.24. The first-order chi connectivity index (χ1) is 8.70. The molecule has 18 heavy (non-hydrogen) atoms. The lowest BCUT2D eigenvalue weighted by Gasteiger charge is -2.35. The monoisotopic (exact) mass is 248 g/mol. The summed E-state index contributed by atoms with van der Waals surface area (Å²) in [5, 5.41) is 0. The van der Waals surface area contributed by atoms with Crippen LogP contribution in [0.25, 0.3) is 0 Å². The maximum absolute atomic E-state index is 5.93. The van der Waals surface area contributed by atoms with Crippen molar-refractivity contribution in [3.63, 3.8) is 0 Å². The number of ether oxygens (including phenoxy) is 1. The molecule has 1 saturated heterocycles. The lowest BCUT2D eigenvalue weighted by Crippen LogP contribution is -2.42. The van der Waals surface area contributed by atoms with E-state index in [0.717, 1.165) is 32.5 Å². The molecule has 0 aliphatic carbocycles. The lowest BCUT2D eigenvalue weighted by molar-refractivity contribution is 0.0384. The van der Waals surface area contributed by atoms with Crippen molar-refractivity contribution >= 4 is 5.69 Å². The predicted octanol–water partition coefficient (Wildman–Crippen LogP) is 2.19. The summed E-state index contributed by atoms with van der Waals surface area (Å²) in [6.07, 6.45) is 2.37. The number of hydrogen-bond acceptors (Lipinski definition) is 3. The summed E-state index contributed by atoms with van der Waals surface area (Å²) in [4.78, 5) is 2.44. The summed E-state index contributed by atoms with van der Waals surface area (Å²) in [6.45, 7) is 7.04. The van der Waals surface area contributed by atoms with Crippen LogP contribution in [0.15, 0.2) is 24.3 Å². The van der Waals surface area contributed by atoms with Crippen LogP contribution < -0.4 is 10.6 Å². The van der Waals surface area contributed by atoms with Gasteiger partial charge in [-0.3, -0.25) is 0 Å². The molecule has 2 N–H and O–H groups in total. The minimum Gasteiger partial charge on any atom is -0.375 e. The summed E-state index contributed by atoms with van der Waals surface area (Å²) in [7, 11) is 0. The van der Waals surface area contributed by atoms with Gasteiger partial charge >= 0.3 is 0 Å². The second-order valence-electron chi connectivity index (χ2n) is 5.16. The van der Waals surface area contributed by atoms with Gasteiger partial charge in [-0.05, 0) is 31.4 Å². The summed E-state index contributed by atoms with van der Waals surface area (Å²) in [6, 6.07) is 8.80. The Morgan fingerprint density at radius 3 is 2.94 bits per heavy atom. The van der Waals surface area contributed by atoms with Crippen molar-refractivity contribution in [1.29, 1.82) is 0 Å². The predicted molar refractivity (Wildman–Crippen MR) is 76.0 cm³/mol. The molecular formula is C15H24N2O. The van der Waals surface area contributed by atoms with Crippen LogP contribution in [0.1, 0.15) is 25.8 Å². The van der Waals surface area contributed by atoms with Crippen LogP contribution in [0.4, 0.5) is 5.69 Å². The minimum absolute atomic E-state index is 0.203. The summed E-state index contributed by atoms with van der Waals surface area (Å²) >= 11 is 0. The fraction of sp³-hybridized carbons (Fsp3) is 0.600. The van der Waals surface area contributed by atoms with E-state index < -0.39 is 0 Å². The van der Waals surface area contributed by atoms with Gasteiger partial charge in [-0.2, -0.15) is 0 Å². The normalized spacial score (nSPS) is 21.9. The molecule has 0 bridgehead atoms. The highest BCUT2D eigenvalue weighted by atomic mass is 16.5. The number of para-hydroxylation sites is 1. The molecule has 100 valence electrons. The average molecular weight is 248 g/mol. The van der Waals surface area contributed by atoms with Crippen LogP contribution in [0.3, 0.4) is 0 Å². The van der Waals surface area contributed by atoms with E-state index in [1.807, 2.05) is 0 Å². The van der Waals surface area contributed by atoms with Crippen molar-refractivity contribution in [1.82, 2.24) is 0 Å². The highest BCUT2D eigenvalue weighted by molar-refractivity contribution is 5.54. The van der Waals surface area contributed by atoms with E-state index >= 15 is 0 Å². The van der Waals surface area contributed by atoms with Gasteiger partial charge in [0, 0.05) is 24.8 Å². The van der Waals surface area contributed by atoms with E-state index in [1.54, 1.807) is 0 Å². The van der Waals surface area contributed by atoms with Gasteiger partial charge in [0.05, 0.1) is 12.7 Å². The fourth-order valence-electron chi connectivity index (χ4n) is 2.52. The molecule has 1 aromatic carbocycles. The van der Waals surface area contributed by atoms with Crippen molar-refractivity contribution in [2.75, 3.05) is 24.6 Å². The van der Waals surface area contributed by atoms with E-state index in [4.69, 9.17) is 10.5 Å². The zero-order valence-corrected chi connectivity index (χ0v) is 11.4. The molecule has 0 aromatic heterocycles. The van der Waals surface area contributed by atoms with Gasteiger partial charge in [-0.1, -0.05) is 25.1 Å². The SMILES string of the molecule is CCC1CN(c2ccccc2CC(C)N)CCO1. The van der Waals surface area contributed by atoms with Crippen LogP contribution in [-0.2, 0) is 11.2 Å². The first kappa shape index (κ1) is 13.4. The molecule has 0 spiro atoms. The second-order valence-corrected chi connectivity index (χ2v) is 5.16. The van der Waals surface area contributed by atoms with E-state index in [9.17, 15) is 0 Å². The fourth-order valence-corrected chi connectivity index (χ4v) is 2.52.